The Morgan fingerprint density at radius 1 is 0.923 bits per heavy atom. The van der Waals surface area contributed by atoms with Crippen LogP contribution < -0.4 is 5.32 Å². The van der Waals surface area contributed by atoms with Crippen LogP contribution in [0.15, 0.2) is 71.2 Å². The zero-order chi connectivity index (χ0) is 18.5. The van der Waals surface area contributed by atoms with Gasteiger partial charge < -0.3 is 10.4 Å². The molecule has 1 atom stereocenters. The van der Waals surface area contributed by atoms with E-state index in [4.69, 9.17) is 0 Å². The van der Waals surface area contributed by atoms with Crippen LogP contribution in [0, 0.1) is 0 Å². The number of carboxylic acids is 1. The lowest BCUT2D eigenvalue weighted by atomic mass is 10.0. The van der Waals surface area contributed by atoms with Crippen molar-refractivity contribution < 1.29 is 14.7 Å². The van der Waals surface area contributed by atoms with Crippen LogP contribution in [0.25, 0.3) is 10.8 Å². The van der Waals surface area contributed by atoms with E-state index in [-0.39, 0.29) is 18.7 Å². The Labute approximate surface area is 160 Å². The molecule has 2 N–H and O–H groups in total. The molecule has 26 heavy (non-hydrogen) atoms. The molecule has 0 spiro atoms. The van der Waals surface area contributed by atoms with Crippen LogP contribution in [0.3, 0.4) is 0 Å². The molecule has 0 aliphatic rings. The fourth-order valence-corrected chi connectivity index (χ4v) is 3.10. The maximum atomic E-state index is 12.3. The fourth-order valence-electron chi connectivity index (χ4n) is 2.84. The topological polar surface area (TPSA) is 66.4 Å². The van der Waals surface area contributed by atoms with Crippen molar-refractivity contribution in [1.82, 2.24) is 5.32 Å². The van der Waals surface area contributed by atoms with Gasteiger partial charge in [-0.2, -0.15) is 0 Å². The zero-order valence-corrected chi connectivity index (χ0v) is 15.6. The Morgan fingerprint density at radius 2 is 1.58 bits per heavy atom. The highest BCUT2D eigenvalue weighted by Crippen LogP contribution is 2.16. The van der Waals surface area contributed by atoms with Gasteiger partial charge in [-0.25, -0.2) is 4.79 Å². The largest absolute Gasteiger partial charge is 0.480 e. The molecule has 0 aromatic heterocycles. The molecule has 1 amide bonds. The standard InChI is InChI=1S/C21H18BrNO3/c22-18-9-6-14(7-10-18)12-19(21(25)26)23-20(24)13-15-5-8-16-3-1-2-4-17(16)11-15/h1-11,19H,12-13H2,(H,23,24)(H,25,26)/t19-/m1/s1. The van der Waals surface area contributed by atoms with Gasteiger partial charge in [0.25, 0.3) is 0 Å². The molecule has 3 aromatic carbocycles. The molecule has 0 bridgehead atoms. The maximum Gasteiger partial charge on any atom is 0.326 e. The van der Waals surface area contributed by atoms with Gasteiger partial charge in [-0.3, -0.25) is 4.79 Å². The van der Waals surface area contributed by atoms with Crippen molar-refractivity contribution in [3.63, 3.8) is 0 Å². The number of carbonyl (C=O) groups excluding carboxylic acids is 1. The van der Waals surface area contributed by atoms with E-state index in [0.717, 1.165) is 26.4 Å². The lowest BCUT2D eigenvalue weighted by Crippen LogP contribution is -2.43. The predicted octanol–water partition coefficient (Wildman–Crippen LogP) is 3.96. The van der Waals surface area contributed by atoms with E-state index in [0.29, 0.717) is 0 Å². The minimum Gasteiger partial charge on any atom is -0.480 e. The number of aliphatic carboxylic acids is 1. The monoisotopic (exact) mass is 411 g/mol. The predicted molar refractivity (Wildman–Crippen MR) is 105 cm³/mol. The Hall–Kier alpha value is -2.66. The number of halogens is 1. The molecule has 0 saturated heterocycles. The van der Waals surface area contributed by atoms with Crippen LogP contribution in [0.2, 0.25) is 0 Å². The average molecular weight is 412 g/mol. The second-order valence-corrected chi connectivity index (χ2v) is 7.06. The van der Waals surface area contributed by atoms with Crippen LogP contribution in [0.4, 0.5) is 0 Å². The third-order valence-corrected chi connectivity index (χ3v) is 4.69. The number of carbonyl (C=O) groups is 2. The molecule has 0 heterocycles. The molecule has 0 aliphatic heterocycles. The Balaban J connectivity index is 1.67. The number of benzene rings is 3. The number of hydrogen-bond donors (Lipinski definition) is 2. The summed E-state index contributed by atoms with van der Waals surface area (Å²) < 4.78 is 0.925. The summed E-state index contributed by atoms with van der Waals surface area (Å²) in [6, 6.07) is 20.2. The van der Waals surface area contributed by atoms with E-state index in [2.05, 4.69) is 21.2 Å². The molecule has 5 heteroatoms. The van der Waals surface area contributed by atoms with E-state index in [1.807, 2.05) is 66.7 Å². The van der Waals surface area contributed by atoms with E-state index >= 15 is 0 Å². The van der Waals surface area contributed by atoms with Crippen molar-refractivity contribution in [3.05, 3.63) is 82.3 Å². The number of rotatable bonds is 6. The van der Waals surface area contributed by atoms with Crippen LogP contribution in [0.5, 0.6) is 0 Å². The number of fused-ring (bicyclic) bond motifs is 1. The second kappa shape index (κ2) is 8.15. The third kappa shape index (κ3) is 4.70. The summed E-state index contributed by atoms with van der Waals surface area (Å²) >= 11 is 3.35. The molecule has 3 rings (SSSR count). The van der Waals surface area contributed by atoms with Crippen LogP contribution in [-0.4, -0.2) is 23.0 Å². The normalized spacial score (nSPS) is 11.9. The van der Waals surface area contributed by atoms with Gasteiger partial charge in [0.1, 0.15) is 6.04 Å². The van der Waals surface area contributed by atoms with Crippen LogP contribution in [-0.2, 0) is 22.4 Å². The average Bonchev–Trinajstić information content (AvgIpc) is 2.62. The second-order valence-electron chi connectivity index (χ2n) is 6.15. The Morgan fingerprint density at radius 3 is 2.27 bits per heavy atom. The van der Waals surface area contributed by atoms with Crippen molar-refractivity contribution >= 4 is 38.6 Å². The van der Waals surface area contributed by atoms with E-state index in [1.165, 1.54) is 0 Å². The van der Waals surface area contributed by atoms with Crippen molar-refractivity contribution in [2.45, 2.75) is 18.9 Å². The lowest BCUT2D eigenvalue weighted by molar-refractivity contribution is -0.141. The van der Waals surface area contributed by atoms with Gasteiger partial charge in [0.05, 0.1) is 6.42 Å². The van der Waals surface area contributed by atoms with Crippen molar-refractivity contribution in [2.24, 2.45) is 0 Å². The molecular weight excluding hydrogens is 394 g/mol. The van der Waals surface area contributed by atoms with Crippen molar-refractivity contribution in [3.8, 4) is 0 Å². The molecule has 0 fully saturated rings. The molecular formula is C21H18BrNO3. The summed E-state index contributed by atoms with van der Waals surface area (Å²) in [7, 11) is 0. The maximum absolute atomic E-state index is 12.3. The first kappa shape index (κ1) is 18.1. The lowest BCUT2D eigenvalue weighted by Gasteiger charge is -2.15. The zero-order valence-electron chi connectivity index (χ0n) is 14.0. The summed E-state index contributed by atoms with van der Waals surface area (Å²) in [6.07, 6.45) is 0.390. The third-order valence-electron chi connectivity index (χ3n) is 4.16. The highest BCUT2D eigenvalue weighted by atomic mass is 79.9. The minimum atomic E-state index is -1.04. The highest BCUT2D eigenvalue weighted by Gasteiger charge is 2.20. The highest BCUT2D eigenvalue weighted by molar-refractivity contribution is 9.10. The van der Waals surface area contributed by atoms with E-state index < -0.39 is 12.0 Å². The molecule has 4 nitrogen and oxygen atoms in total. The van der Waals surface area contributed by atoms with Gasteiger partial charge in [0.15, 0.2) is 0 Å². The van der Waals surface area contributed by atoms with Crippen LogP contribution >= 0.6 is 15.9 Å². The summed E-state index contributed by atoms with van der Waals surface area (Å²) in [5, 5.41) is 14.2. The van der Waals surface area contributed by atoms with Gasteiger partial charge in [0, 0.05) is 10.9 Å². The van der Waals surface area contributed by atoms with Gasteiger partial charge >= 0.3 is 5.97 Å². The number of nitrogens with one attached hydrogen (secondary N) is 1. The molecule has 132 valence electrons. The van der Waals surface area contributed by atoms with E-state index in [9.17, 15) is 14.7 Å². The van der Waals surface area contributed by atoms with E-state index in [1.54, 1.807) is 0 Å². The fraction of sp³-hybridized carbons (Fsp3) is 0.143. The molecule has 0 saturated carbocycles. The SMILES string of the molecule is O=C(Cc1ccc2ccccc2c1)N[C@H](Cc1ccc(Br)cc1)C(=O)O. The minimum absolute atomic E-state index is 0.148. The number of hydrogen-bond acceptors (Lipinski definition) is 2. The van der Waals surface area contributed by atoms with Crippen molar-refractivity contribution in [2.75, 3.05) is 0 Å². The first-order chi connectivity index (χ1) is 12.5. The van der Waals surface area contributed by atoms with Gasteiger partial charge in [0.2, 0.25) is 5.91 Å². The smallest absolute Gasteiger partial charge is 0.326 e. The van der Waals surface area contributed by atoms with Gasteiger partial charge in [-0.05, 0) is 34.0 Å². The molecule has 0 radical (unpaired) electrons. The van der Waals surface area contributed by atoms with Crippen molar-refractivity contribution in [1.29, 1.82) is 0 Å². The quantitative estimate of drug-likeness (QED) is 0.644. The number of carboxylic acid groups (broad SMARTS) is 1. The first-order valence-corrected chi connectivity index (χ1v) is 9.05. The van der Waals surface area contributed by atoms with Crippen LogP contribution in [0.1, 0.15) is 11.1 Å². The number of amides is 1. The summed E-state index contributed by atoms with van der Waals surface area (Å²) in [6.45, 7) is 0. The van der Waals surface area contributed by atoms with Gasteiger partial charge in [-0.15, -0.1) is 0 Å². The molecule has 3 aromatic rings. The summed E-state index contributed by atoms with van der Waals surface area (Å²) in [5.74, 6) is -1.34. The summed E-state index contributed by atoms with van der Waals surface area (Å²) in [5.41, 5.74) is 1.71. The molecule has 0 aliphatic carbocycles. The first-order valence-electron chi connectivity index (χ1n) is 8.25. The Kier molecular flexibility index (Phi) is 5.68. The van der Waals surface area contributed by atoms with Gasteiger partial charge in [-0.1, -0.05) is 70.5 Å². The summed E-state index contributed by atoms with van der Waals surface area (Å²) in [4.78, 5) is 23.8. The molecule has 0 unspecified atom stereocenters. The Bertz CT molecular complexity index is 937.